The van der Waals surface area contributed by atoms with Crippen LogP contribution in [0.25, 0.3) is 0 Å². The number of carbonyl (C=O) groups excluding carboxylic acids is 1. The molecule has 29 heavy (non-hydrogen) atoms. The summed E-state index contributed by atoms with van der Waals surface area (Å²) >= 11 is 6.18. The molecule has 8 nitrogen and oxygen atoms in total. The Hall–Kier alpha value is -3.10. The van der Waals surface area contributed by atoms with Gasteiger partial charge in [0.25, 0.3) is 0 Å². The lowest BCUT2D eigenvalue weighted by atomic mass is 10.1. The molecular formula is C20H22ClN7O. The molecule has 0 spiro atoms. The molecule has 3 aromatic rings. The minimum absolute atomic E-state index is 0.0786. The molecule has 2 aromatic heterocycles. The van der Waals surface area contributed by atoms with Crippen molar-refractivity contribution in [3.63, 3.8) is 0 Å². The summed E-state index contributed by atoms with van der Waals surface area (Å²) < 4.78 is 1.76. The van der Waals surface area contributed by atoms with Crippen LogP contribution in [0, 0.1) is 0 Å². The number of hydrogen-bond acceptors (Lipinski definition) is 6. The van der Waals surface area contributed by atoms with E-state index in [0.717, 1.165) is 5.56 Å². The number of carbonyl (C=O) groups is 1. The highest BCUT2D eigenvalue weighted by atomic mass is 35.5. The minimum Gasteiger partial charge on any atom is -0.351 e. The van der Waals surface area contributed by atoms with Gasteiger partial charge in [-0.3, -0.25) is 9.78 Å². The van der Waals surface area contributed by atoms with Gasteiger partial charge in [0.1, 0.15) is 6.04 Å². The van der Waals surface area contributed by atoms with E-state index in [0.29, 0.717) is 29.6 Å². The summed E-state index contributed by atoms with van der Waals surface area (Å²) in [5, 5.41) is 19.0. The van der Waals surface area contributed by atoms with Gasteiger partial charge >= 0.3 is 0 Å². The van der Waals surface area contributed by atoms with Crippen molar-refractivity contribution < 1.29 is 4.79 Å². The Bertz CT molecular complexity index is 960. The highest BCUT2D eigenvalue weighted by molar-refractivity contribution is 6.30. The van der Waals surface area contributed by atoms with Crippen LogP contribution in [0.15, 0.2) is 61.3 Å². The first-order valence-electron chi connectivity index (χ1n) is 9.18. The molecule has 2 atom stereocenters. The number of rotatable bonds is 9. The Morgan fingerprint density at radius 3 is 2.79 bits per heavy atom. The first kappa shape index (κ1) is 20.6. The fourth-order valence-corrected chi connectivity index (χ4v) is 3.09. The van der Waals surface area contributed by atoms with Gasteiger partial charge in [-0.1, -0.05) is 48.5 Å². The predicted molar refractivity (Wildman–Crippen MR) is 110 cm³/mol. The monoisotopic (exact) mass is 411 g/mol. The highest BCUT2D eigenvalue weighted by Gasteiger charge is 2.25. The molecular weight excluding hydrogens is 390 g/mol. The number of tetrazole rings is 1. The highest BCUT2D eigenvalue weighted by Crippen LogP contribution is 2.25. The summed E-state index contributed by atoms with van der Waals surface area (Å²) in [6.07, 6.45) is 2.87. The number of benzene rings is 1. The first-order valence-corrected chi connectivity index (χ1v) is 9.55. The minimum atomic E-state index is -0.407. The Morgan fingerprint density at radius 2 is 2.07 bits per heavy atom. The molecule has 0 aliphatic carbocycles. The summed E-state index contributed by atoms with van der Waals surface area (Å²) in [4.78, 5) is 15.8. The van der Waals surface area contributed by atoms with Crippen LogP contribution >= 0.6 is 11.6 Å². The third-order valence-corrected chi connectivity index (χ3v) is 4.66. The standard InChI is InChI=1S/C20H22ClN7O/c1-3-18(29)23-11-12-24-19(17-13-16(21)9-10-22-17)20-25-26-27-28(20)14(2)15-7-5-4-6-8-15/h3-10,13-14,19,24H,1,11-12H2,2H3,(H,23,29). The second kappa shape index (κ2) is 9.90. The van der Waals surface area contributed by atoms with Gasteiger partial charge in [-0.15, -0.1) is 5.10 Å². The van der Waals surface area contributed by atoms with E-state index in [4.69, 9.17) is 11.6 Å². The molecule has 2 N–H and O–H groups in total. The first-order chi connectivity index (χ1) is 14.1. The van der Waals surface area contributed by atoms with Gasteiger partial charge in [-0.05, 0) is 41.1 Å². The van der Waals surface area contributed by atoms with E-state index in [1.165, 1.54) is 6.08 Å². The van der Waals surface area contributed by atoms with E-state index >= 15 is 0 Å². The van der Waals surface area contributed by atoms with Crippen molar-refractivity contribution in [2.24, 2.45) is 0 Å². The second-order valence-electron chi connectivity index (χ2n) is 6.35. The lowest BCUT2D eigenvalue weighted by Gasteiger charge is -2.21. The molecule has 2 heterocycles. The van der Waals surface area contributed by atoms with Crippen LogP contribution in [0.2, 0.25) is 5.02 Å². The van der Waals surface area contributed by atoms with Crippen LogP contribution in [-0.4, -0.2) is 44.2 Å². The zero-order valence-electron chi connectivity index (χ0n) is 16.0. The normalized spacial score (nSPS) is 12.9. The summed E-state index contributed by atoms with van der Waals surface area (Å²) in [7, 11) is 0. The van der Waals surface area contributed by atoms with Crippen LogP contribution in [0.1, 0.15) is 36.1 Å². The van der Waals surface area contributed by atoms with Gasteiger partial charge in [0.15, 0.2) is 5.82 Å². The van der Waals surface area contributed by atoms with E-state index in [1.54, 1.807) is 23.0 Å². The number of amides is 1. The van der Waals surface area contributed by atoms with Gasteiger partial charge in [-0.25, -0.2) is 4.68 Å². The fourth-order valence-electron chi connectivity index (χ4n) is 2.92. The molecule has 0 aliphatic rings. The second-order valence-corrected chi connectivity index (χ2v) is 6.79. The van der Waals surface area contributed by atoms with Gasteiger partial charge in [0.05, 0.1) is 11.7 Å². The average Bonchev–Trinajstić information content (AvgIpc) is 3.23. The van der Waals surface area contributed by atoms with Crippen molar-refractivity contribution >= 4 is 17.5 Å². The van der Waals surface area contributed by atoms with Crippen LogP contribution in [-0.2, 0) is 4.79 Å². The molecule has 0 saturated carbocycles. The van der Waals surface area contributed by atoms with Gasteiger partial charge in [0, 0.05) is 24.3 Å². The zero-order chi connectivity index (χ0) is 20.6. The van der Waals surface area contributed by atoms with Crippen LogP contribution < -0.4 is 10.6 Å². The third kappa shape index (κ3) is 5.24. The lowest BCUT2D eigenvalue weighted by Crippen LogP contribution is -2.35. The number of aromatic nitrogens is 5. The van der Waals surface area contributed by atoms with Gasteiger partial charge in [0.2, 0.25) is 5.91 Å². The van der Waals surface area contributed by atoms with Gasteiger partial charge < -0.3 is 10.6 Å². The van der Waals surface area contributed by atoms with Crippen LogP contribution in [0.3, 0.4) is 0 Å². The Morgan fingerprint density at radius 1 is 1.28 bits per heavy atom. The number of hydrogen-bond donors (Lipinski definition) is 2. The Labute approximate surface area is 174 Å². The van der Waals surface area contributed by atoms with E-state index in [1.807, 2.05) is 37.3 Å². The molecule has 0 radical (unpaired) electrons. The van der Waals surface area contributed by atoms with Crippen molar-refractivity contribution in [2.45, 2.75) is 19.0 Å². The number of halogens is 1. The Kier molecular flexibility index (Phi) is 7.04. The van der Waals surface area contributed by atoms with Crippen molar-refractivity contribution in [2.75, 3.05) is 13.1 Å². The van der Waals surface area contributed by atoms with Crippen molar-refractivity contribution in [3.8, 4) is 0 Å². The van der Waals surface area contributed by atoms with Crippen LogP contribution in [0.5, 0.6) is 0 Å². The van der Waals surface area contributed by atoms with Crippen molar-refractivity contribution in [1.29, 1.82) is 0 Å². The quantitative estimate of drug-likeness (QED) is 0.414. The van der Waals surface area contributed by atoms with E-state index in [9.17, 15) is 4.79 Å². The van der Waals surface area contributed by atoms with E-state index in [2.05, 4.69) is 37.7 Å². The lowest BCUT2D eigenvalue weighted by molar-refractivity contribution is -0.116. The smallest absolute Gasteiger partial charge is 0.243 e. The van der Waals surface area contributed by atoms with Crippen molar-refractivity contribution in [3.05, 3.63) is 83.4 Å². The molecule has 2 unspecified atom stereocenters. The summed E-state index contributed by atoms with van der Waals surface area (Å²) in [6, 6.07) is 13.0. The van der Waals surface area contributed by atoms with Crippen molar-refractivity contribution in [1.82, 2.24) is 35.8 Å². The molecule has 1 aromatic carbocycles. The maximum absolute atomic E-state index is 11.4. The Balaban J connectivity index is 1.87. The van der Waals surface area contributed by atoms with E-state index < -0.39 is 6.04 Å². The molecule has 9 heteroatoms. The third-order valence-electron chi connectivity index (χ3n) is 4.42. The molecule has 0 fully saturated rings. The molecule has 3 rings (SSSR count). The SMILES string of the molecule is C=CC(=O)NCCNC(c1cc(Cl)ccn1)c1nnnn1C(C)c1ccccc1. The summed E-state index contributed by atoms with van der Waals surface area (Å²) in [5.41, 5.74) is 1.76. The maximum Gasteiger partial charge on any atom is 0.243 e. The molecule has 0 bridgehead atoms. The predicted octanol–water partition coefficient (Wildman–Crippen LogP) is 2.31. The summed E-state index contributed by atoms with van der Waals surface area (Å²) in [6.45, 7) is 6.37. The molecule has 150 valence electrons. The molecule has 0 aliphatic heterocycles. The topological polar surface area (TPSA) is 97.6 Å². The van der Waals surface area contributed by atoms with Gasteiger partial charge in [-0.2, -0.15) is 0 Å². The largest absolute Gasteiger partial charge is 0.351 e. The maximum atomic E-state index is 11.4. The number of nitrogens with zero attached hydrogens (tertiary/aromatic N) is 5. The van der Waals surface area contributed by atoms with E-state index in [-0.39, 0.29) is 11.9 Å². The zero-order valence-corrected chi connectivity index (χ0v) is 16.8. The number of pyridine rings is 1. The van der Waals surface area contributed by atoms with Crippen LogP contribution in [0.4, 0.5) is 0 Å². The summed E-state index contributed by atoms with van der Waals surface area (Å²) in [5.74, 6) is 0.373. The fraction of sp³-hybridized carbons (Fsp3) is 0.250. The number of nitrogens with one attached hydrogen (secondary N) is 2. The molecule has 0 saturated heterocycles. The molecule has 1 amide bonds. The average molecular weight is 412 g/mol.